The lowest BCUT2D eigenvalue weighted by Crippen LogP contribution is -2.17. The first-order chi connectivity index (χ1) is 13.6. The average molecular weight is 383 g/mol. The Morgan fingerprint density at radius 1 is 0.714 bits per heavy atom. The van der Waals surface area contributed by atoms with E-state index in [1.54, 1.807) is 0 Å². The molecule has 3 aromatic rings. The fraction of sp³-hybridized carbons (Fsp3) is 0.417. The predicted octanol–water partition coefficient (Wildman–Crippen LogP) is 4.85. The third kappa shape index (κ3) is 4.23. The van der Waals surface area contributed by atoms with Gasteiger partial charge < -0.3 is 19.7 Å². The van der Waals surface area contributed by atoms with Crippen LogP contribution in [0.1, 0.15) is 39.2 Å². The number of rotatable bonds is 9. The molecular formula is C24H30O4. The molecule has 2 unspecified atom stereocenters. The molecule has 0 saturated carbocycles. The van der Waals surface area contributed by atoms with Crippen LogP contribution >= 0.6 is 0 Å². The monoisotopic (exact) mass is 382 g/mol. The molecule has 3 rings (SSSR count). The molecule has 2 atom stereocenters. The molecule has 0 aromatic heterocycles. The van der Waals surface area contributed by atoms with Gasteiger partial charge in [-0.1, -0.05) is 57.2 Å². The Kier molecular flexibility index (Phi) is 6.76. The molecule has 4 heteroatoms. The van der Waals surface area contributed by atoms with Crippen LogP contribution in [-0.2, 0) is 6.42 Å². The topological polar surface area (TPSA) is 58.9 Å². The van der Waals surface area contributed by atoms with E-state index in [1.807, 2.05) is 38.1 Å². The first-order valence-electron chi connectivity index (χ1n) is 10.2. The number of ether oxygens (including phenoxy) is 2. The Labute approximate surface area is 166 Å². The lowest BCUT2D eigenvalue weighted by atomic mass is 9.98. The molecule has 0 bridgehead atoms. The van der Waals surface area contributed by atoms with Crippen molar-refractivity contribution in [3.8, 4) is 11.5 Å². The normalized spacial score (nSPS) is 13.6. The molecule has 0 heterocycles. The highest BCUT2D eigenvalue weighted by Gasteiger charge is 2.18. The first-order valence-corrected chi connectivity index (χ1v) is 10.2. The Hall–Kier alpha value is -2.30. The maximum absolute atomic E-state index is 10.0. The zero-order chi connectivity index (χ0) is 20.1. The number of aliphatic hydroxyl groups excluding tert-OH is 2. The van der Waals surface area contributed by atoms with Crippen molar-refractivity contribution in [3.63, 3.8) is 0 Å². The molecule has 3 aromatic carbocycles. The van der Waals surface area contributed by atoms with Gasteiger partial charge in [0, 0.05) is 21.5 Å². The summed E-state index contributed by atoms with van der Waals surface area (Å²) in [5, 5.41) is 23.8. The Bertz CT molecular complexity index is 935. The second-order valence-corrected chi connectivity index (χ2v) is 7.18. The molecule has 0 saturated heterocycles. The summed E-state index contributed by atoms with van der Waals surface area (Å²) in [7, 11) is 0. The summed E-state index contributed by atoms with van der Waals surface area (Å²) in [6.07, 6.45) is 1.21. The Morgan fingerprint density at radius 3 is 1.71 bits per heavy atom. The van der Waals surface area contributed by atoms with Gasteiger partial charge in [0.15, 0.2) is 0 Å². The van der Waals surface area contributed by atoms with Crippen molar-refractivity contribution in [1.82, 2.24) is 0 Å². The van der Waals surface area contributed by atoms with Crippen LogP contribution in [-0.4, -0.2) is 35.6 Å². The largest absolute Gasteiger partial charge is 0.490 e. The van der Waals surface area contributed by atoms with E-state index in [-0.39, 0.29) is 13.2 Å². The van der Waals surface area contributed by atoms with E-state index in [9.17, 15) is 10.2 Å². The zero-order valence-corrected chi connectivity index (χ0v) is 16.9. The zero-order valence-electron chi connectivity index (χ0n) is 16.9. The van der Waals surface area contributed by atoms with E-state index in [1.165, 1.54) is 5.56 Å². The molecule has 0 aliphatic carbocycles. The van der Waals surface area contributed by atoms with E-state index in [0.717, 1.165) is 39.5 Å². The summed E-state index contributed by atoms with van der Waals surface area (Å²) < 4.78 is 12.2. The van der Waals surface area contributed by atoms with Crippen LogP contribution in [0.3, 0.4) is 0 Å². The van der Waals surface area contributed by atoms with Gasteiger partial charge in [-0.3, -0.25) is 0 Å². The molecule has 4 nitrogen and oxygen atoms in total. The van der Waals surface area contributed by atoms with Gasteiger partial charge in [0.2, 0.25) is 0 Å². The maximum atomic E-state index is 10.0. The molecule has 0 amide bonds. The van der Waals surface area contributed by atoms with Gasteiger partial charge in [0.1, 0.15) is 24.7 Å². The number of benzene rings is 3. The second-order valence-electron chi connectivity index (χ2n) is 7.18. The van der Waals surface area contributed by atoms with Crippen LogP contribution < -0.4 is 9.47 Å². The average Bonchev–Trinajstić information content (AvgIpc) is 2.74. The molecule has 0 radical (unpaired) electrons. The number of fused-ring (bicyclic) bond motifs is 2. The molecule has 150 valence electrons. The van der Waals surface area contributed by atoms with Crippen molar-refractivity contribution in [3.05, 3.63) is 48.0 Å². The summed E-state index contributed by atoms with van der Waals surface area (Å²) >= 11 is 0. The quantitative estimate of drug-likeness (QED) is 0.519. The third-order valence-corrected chi connectivity index (χ3v) is 5.18. The van der Waals surface area contributed by atoms with Crippen LogP contribution in [0.5, 0.6) is 11.5 Å². The maximum Gasteiger partial charge on any atom is 0.135 e. The Morgan fingerprint density at radius 2 is 1.21 bits per heavy atom. The van der Waals surface area contributed by atoms with Crippen LogP contribution in [0.2, 0.25) is 0 Å². The summed E-state index contributed by atoms with van der Waals surface area (Å²) in [4.78, 5) is 0. The minimum Gasteiger partial charge on any atom is -0.490 e. The number of aryl methyl sites for hydroxylation is 1. The van der Waals surface area contributed by atoms with Crippen molar-refractivity contribution in [2.75, 3.05) is 13.2 Å². The molecule has 0 fully saturated rings. The van der Waals surface area contributed by atoms with Crippen LogP contribution in [0, 0.1) is 0 Å². The van der Waals surface area contributed by atoms with Gasteiger partial charge in [-0.25, -0.2) is 0 Å². The lowest BCUT2D eigenvalue weighted by molar-refractivity contribution is 0.105. The fourth-order valence-electron chi connectivity index (χ4n) is 3.27. The van der Waals surface area contributed by atoms with Gasteiger partial charge in [-0.2, -0.15) is 0 Å². The van der Waals surface area contributed by atoms with E-state index in [2.05, 4.69) is 25.1 Å². The van der Waals surface area contributed by atoms with Crippen LogP contribution in [0.15, 0.2) is 42.5 Å². The standard InChI is InChI=1S/C24H30O4/c1-4-16-11-12-21-22(13-16)24(28-15-18(26)6-3)20-10-8-7-9-19(20)23(21)27-14-17(25)5-2/h7-13,17-18,25-26H,4-6,14-15H2,1-3H3. The van der Waals surface area contributed by atoms with Gasteiger partial charge in [0.25, 0.3) is 0 Å². The summed E-state index contributed by atoms with van der Waals surface area (Å²) in [6.45, 7) is 6.50. The first kappa shape index (κ1) is 20.4. The summed E-state index contributed by atoms with van der Waals surface area (Å²) in [5.74, 6) is 1.54. The SMILES string of the molecule is CCc1ccc2c(OCC(O)CC)c3ccccc3c(OCC(O)CC)c2c1. The fourth-order valence-corrected chi connectivity index (χ4v) is 3.27. The van der Waals surface area contributed by atoms with E-state index in [4.69, 9.17) is 9.47 Å². The van der Waals surface area contributed by atoms with E-state index >= 15 is 0 Å². The van der Waals surface area contributed by atoms with Crippen molar-refractivity contribution < 1.29 is 19.7 Å². The third-order valence-electron chi connectivity index (χ3n) is 5.18. The van der Waals surface area contributed by atoms with Crippen molar-refractivity contribution in [2.24, 2.45) is 0 Å². The minimum atomic E-state index is -0.501. The Balaban J connectivity index is 2.21. The smallest absolute Gasteiger partial charge is 0.135 e. The van der Waals surface area contributed by atoms with Gasteiger partial charge in [-0.05, 0) is 30.9 Å². The van der Waals surface area contributed by atoms with E-state index in [0.29, 0.717) is 12.8 Å². The molecule has 2 N–H and O–H groups in total. The number of hydrogen-bond donors (Lipinski definition) is 2. The number of aliphatic hydroxyl groups is 2. The lowest BCUT2D eigenvalue weighted by Gasteiger charge is -2.20. The molecule has 28 heavy (non-hydrogen) atoms. The molecular weight excluding hydrogens is 352 g/mol. The van der Waals surface area contributed by atoms with Crippen molar-refractivity contribution >= 4 is 21.5 Å². The van der Waals surface area contributed by atoms with Gasteiger partial charge >= 0.3 is 0 Å². The van der Waals surface area contributed by atoms with Crippen molar-refractivity contribution in [2.45, 2.75) is 52.2 Å². The van der Waals surface area contributed by atoms with E-state index < -0.39 is 12.2 Å². The molecule has 0 aliphatic rings. The van der Waals surface area contributed by atoms with Crippen molar-refractivity contribution in [1.29, 1.82) is 0 Å². The van der Waals surface area contributed by atoms with Gasteiger partial charge in [-0.15, -0.1) is 0 Å². The predicted molar refractivity (Wildman–Crippen MR) is 114 cm³/mol. The summed E-state index contributed by atoms with van der Waals surface area (Å²) in [6, 6.07) is 14.3. The second kappa shape index (κ2) is 9.26. The summed E-state index contributed by atoms with van der Waals surface area (Å²) in [5.41, 5.74) is 1.21. The van der Waals surface area contributed by atoms with Gasteiger partial charge in [0.05, 0.1) is 12.2 Å². The van der Waals surface area contributed by atoms with Crippen LogP contribution in [0.25, 0.3) is 21.5 Å². The highest BCUT2D eigenvalue weighted by atomic mass is 16.5. The molecule has 0 spiro atoms. The minimum absolute atomic E-state index is 0.250. The highest BCUT2D eigenvalue weighted by Crippen LogP contribution is 2.43. The van der Waals surface area contributed by atoms with Crippen LogP contribution in [0.4, 0.5) is 0 Å². The highest BCUT2D eigenvalue weighted by molar-refractivity contribution is 6.11. The molecule has 0 aliphatic heterocycles. The number of hydrogen-bond acceptors (Lipinski definition) is 4.